The monoisotopic (exact) mass is 316 g/mol. The third-order valence-electron chi connectivity index (χ3n) is 3.40. The van der Waals surface area contributed by atoms with Crippen molar-refractivity contribution in [2.75, 3.05) is 20.6 Å². The van der Waals surface area contributed by atoms with Crippen LogP contribution in [0.2, 0.25) is 0 Å². The normalized spacial score (nSPS) is 12.4. The Labute approximate surface area is 127 Å². The van der Waals surface area contributed by atoms with Gasteiger partial charge in [0.2, 0.25) is 10.0 Å². The van der Waals surface area contributed by atoms with E-state index in [0.29, 0.717) is 30.1 Å². The second kappa shape index (κ2) is 7.33. The molecule has 0 bridgehead atoms. The Hall–Kier alpha value is -0.980. The summed E-state index contributed by atoms with van der Waals surface area (Å²) >= 11 is 0. The summed E-state index contributed by atoms with van der Waals surface area (Å²) in [5, 5.41) is 2.85. The van der Waals surface area contributed by atoms with E-state index in [4.69, 9.17) is 0 Å². The van der Waals surface area contributed by atoms with Crippen LogP contribution in [-0.4, -0.2) is 33.4 Å². The molecule has 21 heavy (non-hydrogen) atoms. The van der Waals surface area contributed by atoms with Crippen LogP contribution in [0, 0.1) is 18.7 Å². The Morgan fingerprint density at radius 3 is 2.48 bits per heavy atom. The Bertz CT molecular complexity index is 586. The van der Waals surface area contributed by atoms with Crippen LogP contribution in [-0.2, 0) is 16.6 Å². The number of nitrogens with one attached hydrogen (secondary N) is 1. The topological polar surface area (TPSA) is 49.4 Å². The zero-order valence-corrected chi connectivity index (χ0v) is 14.2. The molecule has 0 saturated carbocycles. The highest BCUT2D eigenvalue weighted by molar-refractivity contribution is 7.89. The number of benzene rings is 1. The Kier molecular flexibility index (Phi) is 6.31. The van der Waals surface area contributed by atoms with Gasteiger partial charge >= 0.3 is 0 Å². The Balaban J connectivity index is 3.13. The van der Waals surface area contributed by atoms with Crippen LogP contribution >= 0.6 is 0 Å². The van der Waals surface area contributed by atoms with Gasteiger partial charge in [0.05, 0.1) is 4.90 Å². The van der Waals surface area contributed by atoms with Crippen LogP contribution in [0.5, 0.6) is 0 Å². The highest BCUT2D eigenvalue weighted by Gasteiger charge is 2.23. The number of sulfonamides is 1. The molecule has 0 atom stereocenters. The maximum Gasteiger partial charge on any atom is 0.242 e. The van der Waals surface area contributed by atoms with Crippen molar-refractivity contribution in [1.29, 1.82) is 0 Å². The number of rotatable bonds is 7. The molecule has 6 heteroatoms. The summed E-state index contributed by atoms with van der Waals surface area (Å²) in [5.74, 6) is 0.0746. The first kappa shape index (κ1) is 18.1. The number of halogens is 1. The van der Waals surface area contributed by atoms with Gasteiger partial charge in [-0.2, -0.15) is 0 Å². The maximum absolute atomic E-state index is 14.0. The largest absolute Gasteiger partial charge is 0.316 e. The van der Waals surface area contributed by atoms with Gasteiger partial charge in [0, 0.05) is 25.7 Å². The first-order valence-corrected chi connectivity index (χ1v) is 8.54. The summed E-state index contributed by atoms with van der Waals surface area (Å²) in [6, 6.07) is 2.82. The molecule has 0 amide bonds. The number of hydrogen-bond donors (Lipinski definition) is 1. The van der Waals surface area contributed by atoms with E-state index in [1.54, 1.807) is 21.0 Å². The summed E-state index contributed by atoms with van der Waals surface area (Å²) < 4.78 is 40.4. The van der Waals surface area contributed by atoms with Gasteiger partial charge in [0.25, 0.3) is 0 Å². The van der Waals surface area contributed by atoms with Crippen LogP contribution < -0.4 is 5.32 Å². The lowest BCUT2D eigenvalue weighted by molar-refractivity contribution is 0.428. The van der Waals surface area contributed by atoms with Gasteiger partial charge in [-0.25, -0.2) is 17.1 Å². The third kappa shape index (κ3) is 4.49. The molecule has 0 aliphatic rings. The van der Waals surface area contributed by atoms with E-state index in [-0.39, 0.29) is 10.7 Å². The molecular weight excluding hydrogens is 291 g/mol. The maximum atomic E-state index is 14.0. The van der Waals surface area contributed by atoms with Crippen molar-refractivity contribution >= 4 is 10.0 Å². The molecule has 4 nitrogen and oxygen atoms in total. The Morgan fingerprint density at radius 2 is 1.95 bits per heavy atom. The molecule has 1 aromatic rings. The van der Waals surface area contributed by atoms with E-state index in [1.165, 1.54) is 16.4 Å². The fourth-order valence-corrected chi connectivity index (χ4v) is 3.34. The van der Waals surface area contributed by atoms with Crippen molar-refractivity contribution in [3.8, 4) is 0 Å². The van der Waals surface area contributed by atoms with Crippen molar-refractivity contribution in [2.45, 2.75) is 38.6 Å². The van der Waals surface area contributed by atoms with Crippen molar-refractivity contribution in [1.82, 2.24) is 9.62 Å². The van der Waals surface area contributed by atoms with Crippen molar-refractivity contribution < 1.29 is 12.8 Å². The molecule has 0 heterocycles. The molecule has 0 spiro atoms. The lowest BCUT2D eigenvalue weighted by Crippen LogP contribution is -2.29. The summed E-state index contributed by atoms with van der Waals surface area (Å²) in [6.45, 7) is 6.44. The average molecular weight is 316 g/mol. The summed E-state index contributed by atoms with van der Waals surface area (Å²) in [4.78, 5) is 0.151. The minimum Gasteiger partial charge on any atom is -0.316 e. The SMILES string of the molecule is CNCc1cc(S(=O)(=O)N(C)CCC(C)C)cc(C)c1F. The summed E-state index contributed by atoms with van der Waals surface area (Å²) in [6.07, 6.45) is 0.791. The smallest absolute Gasteiger partial charge is 0.242 e. The number of hydrogen-bond acceptors (Lipinski definition) is 3. The zero-order chi connectivity index (χ0) is 16.2. The van der Waals surface area contributed by atoms with E-state index in [0.717, 1.165) is 6.42 Å². The molecule has 120 valence electrons. The minimum atomic E-state index is -3.58. The molecule has 0 aliphatic heterocycles. The van der Waals surface area contributed by atoms with E-state index < -0.39 is 10.0 Å². The van der Waals surface area contributed by atoms with Crippen LogP contribution in [0.3, 0.4) is 0 Å². The van der Waals surface area contributed by atoms with Crippen molar-refractivity contribution in [2.24, 2.45) is 5.92 Å². The average Bonchev–Trinajstić information content (AvgIpc) is 2.40. The molecule has 0 unspecified atom stereocenters. The molecule has 1 aromatic carbocycles. The molecule has 0 fully saturated rings. The van der Waals surface area contributed by atoms with E-state index >= 15 is 0 Å². The van der Waals surface area contributed by atoms with Crippen LogP contribution in [0.15, 0.2) is 17.0 Å². The lowest BCUT2D eigenvalue weighted by Gasteiger charge is -2.19. The second-order valence-corrected chi connectivity index (χ2v) is 7.80. The van der Waals surface area contributed by atoms with Gasteiger partial charge in [-0.1, -0.05) is 13.8 Å². The first-order chi connectivity index (χ1) is 9.70. The second-order valence-electron chi connectivity index (χ2n) is 5.75. The van der Waals surface area contributed by atoms with Gasteiger partial charge < -0.3 is 5.32 Å². The van der Waals surface area contributed by atoms with Gasteiger partial charge in [0.15, 0.2) is 0 Å². The lowest BCUT2D eigenvalue weighted by atomic mass is 10.1. The molecular formula is C15H25FN2O2S. The van der Waals surface area contributed by atoms with Crippen molar-refractivity contribution in [3.05, 3.63) is 29.1 Å². The van der Waals surface area contributed by atoms with Crippen LogP contribution in [0.1, 0.15) is 31.4 Å². The predicted octanol–water partition coefficient (Wildman–Crippen LogP) is 2.52. The molecule has 0 radical (unpaired) electrons. The van der Waals surface area contributed by atoms with E-state index in [9.17, 15) is 12.8 Å². The van der Waals surface area contributed by atoms with Crippen molar-refractivity contribution in [3.63, 3.8) is 0 Å². The summed E-state index contributed by atoms with van der Waals surface area (Å²) in [7, 11) is -0.313. The highest BCUT2D eigenvalue weighted by Crippen LogP contribution is 2.22. The predicted molar refractivity (Wildman–Crippen MR) is 83.2 cm³/mol. The molecule has 1 N–H and O–H groups in total. The molecule has 0 aliphatic carbocycles. The molecule has 0 saturated heterocycles. The number of nitrogens with zero attached hydrogens (tertiary/aromatic N) is 1. The highest BCUT2D eigenvalue weighted by atomic mass is 32.2. The number of aryl methyl sites for hydroxylation is 1. The van der Waals surface area contributed by atoms with E-state index in [1.807, 2.05) is 13.8 Å². The molecule has 1 rings (SSSR count). The van der Waals surface area contributed by atoms with Gasteiger partial charge in [-0.3, -0.25) is 0 Å². The van der Waals surface area contributed by atoms with E-state index in [2.05, 4.69) is 5.32 Å². The summed E-state index contributed by atoms with van der Waals surface area (Å²) in [5.41, 5.74) is 0.715. The molecule has 0 aromatic heterocycles. The standard InChI is InChI=1S/C15H25FN2O2S/c1-11(2)6-7-18(5)21(19,20)14-8-12(3)15(16)13(9-14)10-17-4/h8-9,11,17H,6-7,10H2,1-5H3. The zero-order valence-electron chi connectivity index (χ0n) is 13.4. The fourth-order valence-electron chi connectivity index (χ4n) is 2.01. The van der Waals surface area contributed by atoms with Gasteiger partial charge in [0.1, 0.15) is 5.82 Å². The first-order valence-electron chi connectivity index (χ1n) is 7.10. The van der Waals surface area contributed by atoms with Gasteiger partial charge in [-0.05, 0) is 44.0 Å². The fraction of sp³-hybridized carbons (Fsp3) is 0.600. The quantitative estimate of drug-likeness (QED) is 0.841. The van der Waals surface area contributed by atoms with Crippen LogP contribution in [0.25, 0.3) is 0 Å². The Morgan fingerprint density at radius 1 is 1.33 bits per heavy atom. The van der Waals surface area contributed by atoms with Gasteiger partial charge in [-0.15, -0.1) is 0 Å². The minimum absolute atomic E-state index is 0.151. The van der Waals surface area contributed by atoms with Crippen LogP contribution in [0.4, 0.5) is 4.39 Å². The third-order valence-corrected chi connectivity index (χ3v) is 5.23.